The first-order valence-corrected chi connectivity index (χ1v) is 8.08. The van der Waals surface area contributed by atoms with Crippen molar-refractivity contribution < 1.29 is 14.4 Å². The molecule has 0 saturated carbocycles. The molecule has 0 bridgehead atoms. The molecule has 1 aromatic rings. The van der Waals surface area contributed by atoms with Gasteiger partial charge < -0.3 is 10.6 Å². The fourth-order valence-electron chi connectivity index (χ4n) is 2.14. The Hall–Kier alpha value is -1.96. The Balaban J connectivity index is 1.60. The van der Waals surface area contributed by atoms with Gasteiger partial charge in [0.1, 0.15) is 6.04 Å². The molecule has 2 rings (SSSR count). The number of nitrogens with zero attached hydrogens (tertiary/aromatic N) is 1. The van der Waals surface area contributed by atoms with Gasteiger partial charge >= 0.3 is 6.03 Å². The van der Waals surface area contributed by atoms with Gasteiger partial charge in [0.2, 0.25) is 5.91 Å². The molecule has 120 valence electrons. The van der Waals surface area contributed by atoms with E-state index in [-0.39, 0.29) is 18.2 Å². The van der Waals surface area contributed by atoms with Crippen molar-refractivity contribution in [3.8, 4) is 0 Å². The average Bonchev–Trinajstić information content (AvgIpc) is 2.95. The molecule has 0 radical (unpaired) electrons. The first kappa shape index (κ1) is 16.4. The van der Waals surface area contributed by atoms with Crippen LogP contribution >= 0.6 is 11.3 Å². The lowest BCUT2D eigenvalue weighted by molar-refractivity contribution is -0.122. The minimum atomic E-state index is -0.598. The third-order valence-corrected chi connectivity index (χ3v) is 4.61. The monoisotopic (exact) mass is 324 g/mol. The summed E-state index contributed by atoms with van der Waals surface area (Å²) >= 11 is 1.69. The molecule has 1 aromatic heterocycles. The second-order valence-electron chi connectivity index (χ2n) is 5.26. The van der Waals surface area contributed by atoms with Crippen LogP contribution < -0.4 is 16.0 Å². The number of carbonyl (C=O) groups excluding carboxylic acids is 3. The van der Waals surface area contributed by atoms with Crippen LogP contribution in [-0.2, 0) is 16.0 Å². The van der Waals surface area contributed by atoms with Gasteiger partial charge in [-0.05, 0) is 26.7 Å². The normalized spacial score (nSPS) is 17.3. The summed E-state index contributed by atoms with van der Waals surface area (Å²) in [5, 5.41) is 8.52. The molecule has 3 N–H and O–H groups in total. The van der Waals surface area contributed by atoms with Crippen molar-refractivity contribution in [3.63, 3.8) is 0 Å². The number of imide groups is 1. The highest BCUT2D eigenvalue weighted by Gasteiger charge is 2.29. The molecule has 7 nitrogen and oxygen atoms in total. The van der Waals surface area contributed by atoms with Crippen molar-refractivity contribution in [2.24, 2.45) is 0 Å². The summed E-state index contributed by atoms with van der Waals surface area (Å²) in [5.41, 5.74) is 1.07. The molecule has 8 heteroatoms. The fourth-order valence-corrected chi connectivity index (χ4v) is 3.12. The SMILES string of the molecule is Cc1nc(CCCNC(=O)CC[C@@H]2NC(=O)NC2=O)sc1C. The number of nitrogens with one attached hydrogen (secondary N) is 3. The molecule has 0 unspecified atom stereocenters. The summed E-state index contributed by atoms with van der Waals surface area (Å²) in [6, 6.07) is -1.09. The van der Waals surface area contributed by atoms with Crippen molar-refractivity contribution in [2.45, 2.75) is 45.6 Å². The van der Waals surface area contributed by atoms with Crippen LogP contribution in [0.2, 0.25) is 0 Å². The van der Waals surface area contributed by atoms with Crippen LogP contribution in [0, 0.1) is 13.8 Å². The van der Waals surface area contributed by atoms with E-state index in [9.17, 15) is 14.4 Å². The Morgan fingerprint density at radius 3 is 2.73 bits per heavy atom. The smallest absolute Gasteiger partial charge is 0.322 e. The largest absolute Gasteiger partial charge is 0.356 e. The Morgan fingerprint density at radius 2 is 2.14 bits per heavy atom. The number of aromatic nitrogens is 1. The van der Waals surface area contributed by atoms with Gasteiger partial charge in [-0.15, -0.1) is 11.3 Å². The quantitative estimate of drug-likeness (QED) is 0.510. The Kier molecular flexibility index (Phi) is 5.48. The summed E-state index contributed by atoms with van der Waals surface area (Å²) in [4.78, 5) is 39.6. The van der Waals surface area contributed by atoms with Crippen LogP contribution in [-0.4, -0.2) is 35.4 Å². The molecule has 1 aliphatic heterocycles. The maximum atomic E-state index is 11.7. The van der Waals surface area contributed by atoms with Crippen LogP contribution in [0.15, 0.2) is 0 Å². The number of thiazole rings is 1. The predicted octanol–water partition coefficient (Wildman–Crippen LogP) is 0.797. The molecular formula is C14H20N4O3S. The van der Waals surface area contributed by atoms with Crippen LogP contribution in [0.4, 0.5) is 4.79 Å². The van der Waals surface area contributed by atoms with Crippen molar-refractivity contribution in [2.75, 3.05) is 6.54 Å². The maximum Gasteiger partial charge on any atom is 0.322 e. The highest BCUT2D eigenvalue weighted by Crippen LogP contribution is 2.17. The van der Waals surface area contributed by atoms with Crippen LogP contribution in [0.3, 0.4) is 0 Å². The van der Waals surface area contributed by atoms with Gasteiger partial charge in [0.25, 0.3) is 5.91 Å². The average molecular weight is 324 g/mol. The summed E-state index contributed by atoms with van der Waals surface area (Å²) in [7, 11) is 0. The number of urea groups is 1. The number of rotatable bonds is 7. The van der Waals surface area contributed by atoms with E-state index < -0.39 is 12.1 Å². The maximum absolute atomic E-state index is 11.7. The molecule has 2 heterocycles. The first-order valence-electron chi connectivity index (χ1n) is 7.26. The fraction of sp³-hybridized carbons (Fsp3) is 0.571. The van der Waals surface area contributed by atoms with Crippen molar-refractivity contribution >= 4 is 29.2 Å². The van der Waals surface area contributed by atoms with Gasteiger partial charge in [-0.2, -0.15) is 0 Å². The zero-order chi connectivity index (χ0) is 16.1. The van der Waals surface area contributed by atoms with Crippen LogP contribution in [0.25, 0.3) is 0 Å². The molecule has 0 spiro atoms. The van der Waals surface area contributed by atoms with E-state index in [1.807, 2.05) is 6.92 Å². The Morgan fingerprint density at radius 1 is 1.36 bits per heavy atom. The molecule has 1 aliphatic rings. The highest BCUT2D eigenvalue weighted by molar-refractivity contribution is 7.11. The van der Waals surface area contributed by atoms with Gasteiger partial charge in [-0.1, -0.05) is 0 Å². The molecule has 1 atom stereocenters. The van der Waals surface area contributed by atoms with E-state index in [4.69, 9.17) is 0 Å². The van der Waals surface area contributed by atoms with Gasteiger partial charge in [-0.25, -0.2) is 9.78 Å². The van der Waals surface area contributed by atoms with Crippen molar-refractivity contribution in [1.82, 2.24) is 20.9 Å². The van der Waals surface area contributed by atoms with E-state index in [1.165, 1.54) is 4.88 Å². The molecule has 4 amide bonds. The van der Waals surface area contributed by atoms with E-state index in [2.05, 4.69) is 27.9 Å². The number of aryl methyl sites for hydroxylation is 3. The van der Waals surface area contributed by atoms with Crippen molar-refractivity contribution in [3.05, 3.63) is 15.6 Å². The summed E-state index contributed by atoms with van der Waals surface area (Å²) in [6.07, 6.45) is 2.21. The Bertz CT molecular complexity index is 565. The second-order valence-corrected chi connectivity index (χ2v) is 6.54. The molecule has 1 saturated heterocycles. The number of hydrogen-bond donors (Lipinski definition) is 3. The van der Waals surface area contributed by atoms with E-state index in [0.29, 0.717) is 13.0 Å². The predicted molar refractivity (Wildman–Crippen MR) is 82.6 cm³/mol. The minimum Gasteiger partial charge on any atom is -0.356 e. The second kappa shape index (κ2) is 7.35. The van der Waals surface area contributed by atoms with Gasteiger partial charge in [0.05, 0.1) is 10.7 Å². The van der Waals surface area contributed by atoms with E-state index in [1.54, 1.807) is 11.3 Å². The summed E-state index contributed by atoms with van der Waals surface area (Å²) < 4.78 is 0. The number of hydrogen-bond acceptors (Lipinski definition) is 5. The lowest BCUT2D eigenvalue weighted by atomic mass is 10.1. The van der Waals surface area contributed by atoms with Gasteiger partial charge in [0, 0.05) is 24.3 Å². The van der Waals surface area contributed by atoms with Crippen molar-refractivity contribution in [1.29, 1.82) is 0 Å². The topological polar surface area (TPSA) is 100 Å². The summed E-state index contributed by atoms with van der Waals surface area (Å²) in [6.45, 7) is 4.63. The van der Waals surface area contributed by atoms with Crippen LogP contribution in [0.1, 0.15) is 34.8 Å². The first-order chi connectivity index (χ1) is 10.5. The van der Waals surface area contributed by atoms with E-state index >= 15 is 0 Å². The Labute approximate surface area is 132 Å². The molecule has 22 heavy (non-hydrogen) atoms. The zero-order valence-electron chi connectivity index (χ0n) is 12.7. The zero-order valence-corrected chi connectivity index (χ0v) is 13.5. The highest BCUT2D eigenvalue weighted by atomic mass is 32.1. The third-order valence-electron chi connectivity index (χ3n) is 3.48. The molecule has 0 aliphatic carbocycles. The van der Waals surface area contributed by atoms with Crippen LogP contribution in [0.5, 0.6) is 0 Å². The molecule has 0 aromatic carbocycles. The standard InChI is InChI=1S/C14H20N4O3S/c1-8-9(2)22-12(16-8)4-3-7-15-11(19)6-5-10-13(20)18-14(21)17-10/h10H,3-7H2,1-2H3,(H,15,19)(H2,17,18,20,21)/t10-/m0/s1. The minimum absolute atomic E-state index is 0.111. The van der Waals surface area contributed by atoms with Gasteiger partial charge in [-0.3, -0.25) is 14.9 Å². The van der Waals surface area contributed by atoms with E-state index in [0.717, 1.165) is 23.5 Å². The summed E-state index contributed by atoms with van der Waals surface area (Å²) in [5.74, 6) is -0.479. The third kappa shape index (κ3) is 4.52. The lowest BCUT2D eigenvalue weighted by Gasteiger charge is -2.07. The number of carbonyl (C=O) groups is 3. The lowest BCUT2D eigenvalue weighted by Crippen LogP contribution is -2.32. The molecule has 1 fully saturated rings. The van der Waals surface area contributed by atoms with Gasteiger partial charge in [0.15, 0.2) is 0 Å². The number of amides is 4. The molecular weight excluding hydrogens is 304 g/mol.